The van der Waals surface area contributed by atoms with Gasteiger partial charge in [-0.2, -0.15) is 9.67 Å². The van der Waals surface area contributed by atoms with Gasteiger partial charge in [0.2, 0.25) is 11.4 Å². The molecule has 0 saturated heterocycles. The van der Waals surface area contributed by atoms with Crippen molar-refractivity contribution in [2.45, 2.75) is 13.8 Å². The summed E-state index contributed by atoms with van der Waals surface area (Å²) in [5, 5.41) is 8.76. The molecule has 0 bridgehead atoms. The van der Waals surface area contributed by atoms with E-state index < -0.39 is 11.9 Å². The Morgan fingerprint density at radius 2 is 1.38 bits per heavy atom. The van der Waals surface area contributed by atoms with E-state index in [0.717, 1.165) is 0 Å². The molecule has 0 amide bonds. The Balaban J connectivity index is 2.00. The molecule has 1 N–H and O–H groups in total. The van der Waals surface area contributed by atoms with Gasteiger partial charge in [-0.1, -0.05) is 54.6 Å². The van der Waals surface area contributed by atoms with Gasteiger partial charge in [-0.25, -0.2) is 9.59 Å². The summed E-state index contributed by atoms with van der Waals surface area (Å²) in [5.74, 6) is -1.67. The van der Waals surface area contributed by atoms with Gasteiger partial charge in [0.1, 0.15) is 0 Å². The number of hydrogen-bond donors (Lipinski definition) is 1. The fourth-order valence-corrected chi connectivity index (χ4v) is 3.39. The molecule has 0 unspecified atom stereocenters. The number of nitrogens with one attached hydrogen (secondary N) is 1. The highest BCUT2D eigenvalue weighted by Crippen LogP contribution is 2.12. The van der Waals surface area contributed by atoms with Crippen molar-refractivity contribution in [3.8, 4) is 11.4 Å². The Morgan fingerprint density at radius 3 is 1.97 bits per heavy atom. The van der Waals surface area contributed by atoms with Crippen LogP contribution in [-0.4, -0.2) is 45.3 Å². The molecular formula is C27H26N6O4. The molecule has 0 aliphatic heterocycles. The van der Waals surface area contributed by atoms with Crippen LogP contribution in [0.15, 0.2) is 101 Å². The normalized spacial score (nSPS) is 11.7. The van der Waals surface area contributed by atoms with Gasteiger partial charge < -0.3 is 9.47 Å². The quantitative estimate of drug-likeness (QED) is 0.180. The molecule has 37 heavy (non-hydrogen) atoms. The van der Waals surface area contributed by atoms with Crippen molar-refractivity contribution < 1.29 is 19.1 Å². The molecule has 0 aliphatic carbocycles. The van der Waals surface area contributed by atoms with Gasteiger partial charge in [0.15, 0.2) is 0 Å². The Hall–Kier alpha value is -4.99. The molecule has 0 atom stereocenters. The maximum atomic E-state index is 13.0. The van der Waals surface area contributed by atoms with Crippen LogP contribution in [0.3, 0.4) is 0 Å². The van der Waals surface area contributed by atoms with Gasteiger partial charge in [0, 0.05) is 0 Å². The summed E-state index contributed by atoms with van der Waals surface area (Å²) in [5.41, 5.74) is 4.83. The zero-order chi connectivity index (χ0) is 26.0. The van der Waals surface area contributed by atoms with E-state index in [1.165, 1.54) is 9.25 Å². The molecule has 0 saturated carbocycles. The van der Waals surface area contributed by atoms with Crippen molar-refractivity contribution in [2.24, 2.45) is 10.1 Å². The van der Waals surface area contributed by atoms with Gasteiger partial charge in [-0.3, -0.25) is 9.99 Å². The fraction of sp³-hybridized carbons (Fsp3) is 0.148. The third-order valence-electron chi connectivity index (χ3n) is 5.00. The van der Waals surface area contributed by atoms with E-state index >= 15 is 0 Å². The van der Waals surface area contributed by atoms with Gasteiger partial charge in [-0.15, -0.1) is 10.2 Å². The molecule has 0 fully saturated rings. The second-order valence-electron chi connectivity index (χ2n) is 7.51. The van der Waals surface area contributed by atoms with E-state index in [-0.39, 0.29) is 30.5 Å². The van der Waals surface area contributed by atoms with Crippen molar-refractivity contribution in [1.82, 2.24) is 14.3 Å². The molecule has 0 spiro atoms. The van der Waals surface area contributed by atoms with Crippen molar-refractivity contribution in [1.29, 1.82) is 0 Å². The standard InChI is InChI=1S/C27H26N6O4/c1-3-36-25(34)23(30-29-20-14-8-5-9-15-20)28-27-32(21-16-10-6-11-17-21)24(26(35)37-4-2)31-33(27)22-18-12-7-13-19-22/h5-19,29H,3-4H2,1-2H3/b28-27?,30-23-. The number of hydrazone groups is 1. The number of carbonyl (C=O) groups excluding carboxylic acids is 2. The number of carbonyl (C=O) groups is 2. The monoisotopic (exact) mass is 498 g/mol. The second-order valence-corrected chi connectivity index (χ2v) is 7.51. The summed E-state index contributed by atoms with van der Waals surface area (Å²) < 4.78 is 13.5. The maximum absolute atomic E-state index is 13.0. The van der Waals surface area contributed by atoms with E-state index in [2.05, 4.69) is 20.6 Å². The summed E-state index contributed by atoms with van der Waals surface area (Å²) in [7, 11) is 0. The largest absolute Gasteiger partial charge is 0.460 e. The molecule has 10 heteroatoms. The number of amidine groups is 1. The highest BCUT2D eigenvalue weighted by Gasteiger charge is 2.24. The summed E-state index contributed by atoms with van der Waals surface area (Å²) in [6.07, 6.45) is 0. The minimum atomic E-state index is -0.746. The lowest BCUT2D eigenvalue weighted by atomic mass is 10.3. The highest BCUT2D eigenvalue weighted by molar-refractivity contribution is 6.35. The number of esters is 2. The first-order valence-electron chi connectivity index (χ1n) is 11.7. The minimum Gasteiger partial charge on any atom is -0.460 e. The first-order chi connectivity index (χ1) is 18.1. The molecule has 1 aromatic heterocycles. The number of para-hydroxylation sites is 3. The average Bonchev–Trinajstić information content (AvgIpc) is 3.32. The van der Waals surface area contributed by atoms with E-state index in [4.69, 9.17) is 9.47 Å². The third-order valence-corrected chi connectivity index (χ3v) is 5.00. The SMILES string of the molecule is CCOC(=O)/C(N=c1n(-c2ccccc2)nc(C(=O)OCC)n1-c1ccccc1)=N/Nc1ccccc1. The maximum Gasteiger partial charge on any atom is 0.378 e. The molecule has 188 valence electrons. The van der Waals surface area contributed by atoms with E-state index in [9.17, 15) is 9.59 Å². The van der Waals surface area contributed by atoms with Crippen LogP contribution in [-0.2, 0) is 14.3 Å². The number of nitrogens with zero attached hydrogens (tertiary/aromatic N) is 5. The van der Waals surface area contributed by atoms with Gasteiger partial charge in [0.05, 0.1) is 30.3 Å². The summed E-state index contributed by atoms with van der Waals surface area (Å²) in [6.45, 7) is 3.70. The minimum absolute atomic E-state index is 0.0186. The lowest BCUT2D eigenvalue weighted by Crippen LogP contribution is -2.30. The Labute approximate surface area is 213 Å². The summed E-state index contributed by atoms with van der Waals surface area (Å²) >= 11 is 0. The van der Waals surface area contributed by atoms with Crippen LogP contribution in [0.4, 0.5) is 5.69 Å². The van der Waals surface area contributed by atoms with Crippen LogP contribution >= 0.6 is 0 Å². The lowest BCUT2D eigenvalue weighted by molar-refractivity contribution is -0.135. The lowest BCUT2D eigenvalue weighted by Gasteiger charge is -2.08. The van der Waals surface area contributed by atoms with Crippen molar-refractivity contribution in [3.05, 3.63) is 102 Å². The summed E-state index contributed by atoms with van der Waals surface area (Å²) in [4.78, 5) is 30.4. The molecule has 0 aliphatic rings. The van der Waals surface area contributed by atoms with Gasteiger partial charge in [0.25, 0.3) is 5.84 Å². The molecule has 3 aromatic carbocycles. The van der Waals surface area contributed by atoms with Crippen molar-refractivity contribution in [3.63, 3.8) is 0 Å². The zero-order valence-corrected chi connectivity index (χ0v) is 20.4. The first kappa shape index (κ1) is 25.1. The Bertz CT molecular complexity index is 1440. The van der Waals surface area contributed by atoms with E-state index in [0.29, 0.717) is 17.1 Å². The predicted octanol–water partition coefficient (Wildman–Crippen LogP) is 3.73. The number of anilines is 1. The smallest absolute Gasteiger partial charge is 0.378 e. The zero-order valence-electron chi connectivity index (χ0n) is 20.4. The number of benzene rings is 3. The van der Waals surface area contributed by atoms with Crippen LogP contribution in [0.2, 0.25) is 0 Å². The average molecular weight is 499 g/mol. The Morgan fingerprint density at radius 1 is 0.811 bits per heavy atom. The van der Waals surface area contributed by atoms with Crippen LogP contribution in [0.5, 0.6) is 0 Å². The topological polar surface area (TPSA) is 112 Å². The molecule has 4 aromatic rings. The Kier molecular flexibility index (Phi) is 8.22. The van der Waals surface area contributed by atoms with E-state index in [1.807, 2.05) is 54.6 Å². The van der Waals surface area contributed by atoms with Crippen LogP contribution in [0, 0.1) is 0 Å². The van der Waals surface area contributed by atoms with Gasteiger partial charge in [-0.05, 0) is 50.2 Å². The molecule has 1 heterocycles. The highest BCUT2D eigenvalue weighted by atomic mass is 16.5. The molecule has 0 radical (unpaired) electrons. The van der Waals surface area contributed by atoms with Gasteiger partial charge >= 0.3 is 11.9 Å². The number of aromatic nitrogens is 3. The van der Waals surface area contributed by atoms with E-state index in [1.54, 1.807) is 50.2 Å². The van der Waals surface area contributed by atoms with Crippen LogP contribution in [0.25, 0.3) is 11.4 Å². The number of hydrogen-bond acceptors (Lipinski definition) is 7. The fourth-order valence-electron chi connectivity index (χ4n) is 3.39. The second kappa shape index (κ2) is 12.1. The summed E-state index contributed by atoms with van der Waals surface area (Å²) in [6, 6.07) is 27.3. The first-order valence-corrected chi connectivity index (χ1v) is 11.7. The van der Waals surface area contributed by atoms with Crippen molar-refractivity contribution in [2.75, 3.05) is 18.6 Å². The molecule has 10 nitrogen and oxygen atoms in total. The van der Waals surface area contributed by atoms with Crippen molar-refractivity contribution >= 4 is 23.5 Å². The molecule has 4 rings (SSSR count). The number of rotatable bonds is 7. The molecular weight excluding hydrogens is 472 g/mol. The third kappa shape index (κ3) is 5.99. The van der Waals surface area contributed by atoms with Crippen LogP contribution < -0.4 is 11.0 Å². The van der Waals surface area contributed by atoms with Crippen LogP contribution in [0.1, 0.15) is 24.5 Å². The predicted molar refractivity (Wildman–Crippen MR) is 139 cm³/mol. The number of ether oxygens (including phenoxy) is 2.